The van der Waals surface area contributed by atoms with E-state index in [2.05, 4.69) is 6.92 Å². The summed E-state index contributed by atoms with van der Waals surface area (Å²) in [5.74, 6) is -1.63. The molecule has 0 aromatic heterocycles. The molecule has 19 heavy (non-hydrogen) atoms. The van der Waals surface area contributed by atoms with Crippen LogP contribution in [0.25, 0.3) is 0 Å². The Balaban J connectivity index is 2.20. The normalized spacial score (nSPS) is 10.4. The maximum absolute atomic E-state index is 13.8. The Kier molecular flexibility index (Phi) is 4.22. The lowest BCUT2D eigenvalue weighted by atomic mass is 10.2. The van der Waals surface area contributed by atoms with Crippen LogP contribution in [-0.4, -0.2) is 11.1 Å². The van der Waals surface area contributed by atoms with Gasteiger partial charge in [0.15, 0.2) is 0 Å². The first kappa shape index (κ1) is 13.6. The molecule has 2 nitrogen and oxygen atoms in total. The molecule has 98 valence electrons. The van der Waals surface area contributed by atoms with Crippen molar-refractivity contribution in [1.82, 2.24) is 0 Å². The molecular weight excluding hydrogens is 263 g/mol. The minimum absolute atomic E-state index is 0.0387. The SMILES string of the molecule is CCc1ccc(Sc2ccc(C(=O)O)cc2F)cc1. The lowest BCUT2D eigenvalue weighted by Gasteiger charge is -2.05. The molecule has 4 heteroatoms. The van der Waals surface area contributed by atoms with Gasteiger partial charge in [-0.15, -0.1) is 0 Å². The first-order valence-electron chi connectivity index (χ1n) is 5.90. The van der Waals surface area contributed by atoms with Gasteiger partial charge in [0.05, 0.1) is 5.56 Å². The zero-order valence-corrected chi connectivity index (χ0v) is 11.2. The Morgan fingerprint density at radius 2 is 1.89 bits per heavy atom. The average molecular weight is 276 g/mol. The van der Waals surface area contributed by atoms with Crippen molar-refractivity contribution in [2.24, 2.45) is 0 Å². The average Bonchev–Trinajstić information content (AvgIpc) is 2.41. The van der Waals surface area contributed by atoms with E-state index in [1.807, 2.05) is 24.3 Å². The molecule has 0 saturated carbocycles. The summed E-state index contributed by atoms with van der Waals surface area (Å²) in [6, 6.07) is 11.8. The zero-order chi connectivity index (χ0) is 13.8. The summed E-state index contributed by atoms with van der Waals surface area (Å²) in [7, 11) is 0. The molecular formula is C15H13FO2S. The third kappa shape index (κ3) is 3.35. The van der Waals surface area contributed by atoms with Crippen molar-refractivity contribution in [3.05, 3.63) is 59.4 Å². The summed E-state index contributed by atoms with van der Waals surface area (Å²) in [6.07, 6.45) is 0.965. The molecule has 2 aromatic rings. The van der Waals surface area contributed by atoms with Gasteiger partial charge in [-0.25, -0.2) is 9.18 Å². The summed E-state index contributed by atoms with van der Waals surface area (Å²) in [5.41, 5.74) is 1.19. The van der Waals surface area contributed by atoms with E-state index in [0.29, 0.717) is 4.90 Å². The van der Waals surface area contributed by atoms with E-state index in [-0.39, 0.29) is 5.56 Å². The van der Waals surface area contributed by atoms with Gasteiger partial charge in [-0.3, -0.25) is 0 Å². The van der Waals surface area contributed by atoms with Crippen LogP contribution in [-0.2, 0) is 6.42 Å². The molecule has 2 aromatic carbocycles. The summed E-state index contributed by atoms with van der Waals surface area (Å²) < 4.78 is 13.8. The van der Waals surface area contributed by atoms with Gasteiger partial charge in [-0.2, -0.15) is 0 Å². The number of benzene rings is 2. The fraction of sp³-hybridized carbons (Fsp3) is 0.133. The molecule has 0 heterocycles. The van der Waals surface area contributed by atoms with Gasteiger partial charge in [-0.05, 0) is 42.3 Å². The number of carboxylic acid groups (broad SMARTS) is 1. The van der Waals surface area contributed by atoms with Gasteiger partial charge >= 0.3 is 5.97 Å². The number of aryl methyl sites for hydroxylation is 1. The number of hydrogen-bond donors (Lipinski definition) is 1. The van der Waals surface area contributed by atoms with Crippen molar-refractivity contribution >= 4 is 17.7 Å². The number of hydrogen-bond acceptors (Lipinski definition) is 2. The monoisotopic (exact) mass is 276 g/mol. The molecule has 1 N–H and O–H groups in total. The third-order valence-corrected chi connectivity index (χ3v) is 3.80. The predicted octanol–water partition coefficient (Wildman–Crippen LogP) is 4.24. The molecule has 2 rings (SSSR count). The van der Waals surface area contributed by atoms with Crippen molar-refractivity contribution < 1.29 is 14.3 Å². The highest BCUT2D eigenvalue weighted by molar-refractivity contribution is 7.99. The van der Waals surface area contributed by atoms with Crippen LogP contribution < -0.4 is 0 Å². The van der Waals surface area contributed by atoms with Crippen LogP contribution >= 0.6 is 11.8 Å². The molecule has 0 radical (unpaired) electrons. The Morgan fingerprint density at radius 3 is 2.42 bits per heavy atom. The van der Waals surface area contributed by atoms with Gasteiger partial charge in [0, 0.05) is 9.79 Å². The van der Waals surface area contributed by atoms with Crippen LogP contribution in [0.15, 0.2) is 52.3 Å². The highest BCUT2D eigenvalue weighted by atomic mass is 32.2. The first-order chi connectivity index (χ1) is 9.10. The summed E-state index contributed by atoms with van der Waals surface area (Å²) in [6.45, 7) is 2.08. The molecule has 0 spiro atoms. The maximum atomic E-state index is 13.8. The van der Waals surface area contributed by atoms with Crippen LogP contribution in [0.5, 0.6) is 0 Å². The highest BCUT2D eigenvalue weighted by Crippen LogP contribution is 2.30. The molecule has 0 fully saturated rings. The second-order valence-electron chi connectivity index (χ2n) is 4.05. The van der Waals surface area contributed by atoms with Crippen molar-refractivity contribution in [1.29, 1.82) is 0 Å². The van der Waals surface area contributed by atoms with E-state index < -0.39 is 11.8 Å². The summed E-state index contributed by atoms with van der Waals surface area (Å²) >= 11 is 1.29. The number of aromatic carboxylic acids is 1. The minimum Gasteiger partial charge on any atom is -0.478 e. The van der Waals surface area contributed by atoms with Crippen LogP contribution in [0.2, 0.25) is 0 Å². The molecule has 0 saturated heterocycles. The quantitative estimate of drug-likeness (QED) is 0.907. The standard InChI is InChI=1S/C15H13FO2S/c1-2-10-3-6-12(7-4-10)19-14-8-5-11(15(17)18)9-13(14)16/h3-9H,2H2,1H3,(H,17,18). The second-order valence-corrected chi connectivity index (χ2v) is 5.17. The van der Waals surface area contributed by atoms with Gasteiger partial charge < -0.3 is 5.11 Å². The topological polar surface area (TPSA) is 37.3 Å². The fourth-order valence-corrected chi connectivity index (χ4v) is 2.46. The third-order valence-electron chi connectivity index (χ3n) is 2.74. The summed E-state index contributed by atoms with van der Waals surface area (Å²) in [5, 5.41) is 8.77. The van der Waals surface area contributed by atoms with Gasteiger partial charge in [0.1, 0.15) is 5.82 Å². The van der Waals surface area contributed by atoms with E-state index in [9.17, 15) is 9.18 Å². The smallest absolute Gasteiger partial charge is 0.335 e. The molecule has 0 atom stereocenters. The van der Waals surface area contributed by atoms with E-state index in [0.717, 1.165) is 17.4 Å². The number of rotatable bonds is 4. The Morgan fingerprint density at radius 1 is 1.21 bits per heavy atom. The van der Waals surface area contributed by atoms with Gasteiger partial charge in [0.25, 0.3) is 0 Å². The predicted molar refractivity (Wildman–Crippen MR) is 73.3 cm³/mol. The van der Waals surface area contributed by atoms with E-state index in [4.69, 9.17) is 5.11 Å². The lowest BCUT2D eigenvalue weighted by Crippen LogP contribution is -1.97. The zero-order valence-electron chi connectivity index (χ0n) is 10.4. The van der Waals surface area contributed by atoms with Gasteiger partial charge in [0.2, 0.25) is 0 Å². The van der Waals surface area contributed by atoms with E-state index in [1.54, 1.807) is 0 Å². The van der Waals surface area contributed by atoms with Crippen LogP contribution in [0, 0.1) is 5.82 Å². The number of carbonyl (C=O) groups is 1. The van der Waals surface area contributed by atoms with Crippen LogP contribution in [0.3, 0.4) is 0 Å². The highest BCUT2D eigenvalue weighted by Gasteiger charge is 2.09. The maximum Gasteiger partial charge on any atom is 0.335 e. The van der Waals surface area contributed by atoms with Crippen LogP contribution in [0.4, 0.5) is 4.39 Å². The van der Waals surface area contributed by atoms with Crippen LogP contribution in [0.1, 0.15) is 22.8 Å². The number of halogens is 1. The van der Waals surface area contributed by atoms with Crippen molar-refractivity contribution in [3.63, 3.8) is 0 Å². The van der Waals surface area contributed by atoms with Gasteiger partial charge in [-0.1, -0.05) is 30.8 Å². The Bertz CT molecular complexity index is 594. The Hall–Kier alpha value is -1.81. The van der Waals surface area contributed by atoms with E-state index >= 15 is 0 Å². The molecule has 0 bridgehead atoms. The second kappa shape index (κ2) is 5.89. The van der Waals surface area contributed by atoms with Crippen molar-refractivity contribution in [3.8, 4) is 0 Å². The van der Waals surface area contributed by atoms with E-state index in [1.165, 1.54) is 29.5 Å². The molecule has 0 aliphatic carbocycles. The number of carboxylic acids is 1. The summed E-state index contributed by atoms with van der Waals surface area (Å²) in [4.78, 5) is 12.1. The largest absolute Gasteiger partial charge is 0.478 e. The molecule has 0 unspecified atom stereocenters. The van der Waals surface area contributed by atoms with Crippen molar-refractivity contribution in [2.45, 2.75) is 23.1 Å². The lowest BCUT2D eigenvalue weighted by molar-refractivity contribution is 0.0696. The first-order valence-corrected chi connectivity index (χ1v) is 6.71. The molecule has 0 aliphatic heterocycles. The minimum atomic E-state index is -1.12. The molecule has 0 aliphatic rings. The Labute approximate surface area is 115 Å². The van der Waals surface area contributed by atoms with Crippen molar-refractivity contribution in [2.75, 3.05) is 0 Å². The molecule has 0 amide bonds. The fourth-order valence-electron chi connectivity index (χ4n) is 1.64.